The van der Waals surface area contributed by atoms with Crippen LogP contribution >= 0.6 is 0 Å². The van der Waals surface area contributed by atoms with Crippen molar-refractivity contribution in [2.75, 3.05) is 10.6 Å². The number of rotatable bonds is 4. The molecular formula is C24H21N5O2. The monoisotopic (exact) mass is 411 g/mol. The van der Waals surface area contributed by atoms with Crippen LogP contribution in [0.25, 0.3) is 5.70 Å². The molecule has 154 valence electrons. The third-order valence-corrected chi connectivity index (χ3v) is 5.22. The Morgan fingerprint density at radius 1 is 1.03 bits per heavy atom. The number of carbonyl (C=O) groups is 1. The lowest BCUT2D eigenvalue weighted by Crippen LogP contribution is -2.20. The molecule has 0 aliphatic carbocycles. The number of nitrogens with zero attached hydrogens (tertiary/aromatic N) is 3. The standard InChI is InChI=1S/C24H21N5O2/c1-15-5-9-17(10-6-15)19-14-20(18-11-7-16(2)8-12-18)29-24(25-19)27-23(28-29)26-22(30)21-4-3-13-31-21/h3-14,20H,1-2H3,(H2,25,26,27,28,30)/t20-/m0/s1. The number of amides is 1. The van der Waals surface area contributed by atoms with E-state index in [0.717, 1.165) is 16.8 Å². The Bertz CT molecular complexity index is 1250. The predicted octanol–water partition coefficient (Wildman–Crippen LogP) is 4.80. The van der Waals surface area contributed by atoms with Crippen LogP contribution in [0.4, 0.5) is 11.9 Å². The molecule has 4 aromatic rings. The fourth-order valence-electron chi connectivity index (χ4n) is 3.52. The molecule has 0 spiro atoms. The Labute approximate surface area is 179 Å². The molecule has 2 aromatic heterocycles. The van der Waals surface area contributed by atoms with Gasteiger partial charge in [0.25, 0.3) is 11.9 Å². The molecule has 0 radical (unpaired) electrons. The van der Waals surface area contributed by atoms with Crippen molar-refractivity contribution >= 4 is 23.5 Å². The first-order valence-electron chi connectivity index (χ1n) is 10.0. The molecule has 0 saturated carbocycles. The molecule has 3 heterocycles. The summed E-state index contributed by atoms with van der Waals surface area (Å²) in [5.74, 6) is 0.568. The van der Waals surface area contributed by atoms with Gasteiger partial charge in [-0.05, 0) is 43.2 Å². The van der Waals surface area contributed by atoms with Gasteiger partial charge in [-0.25, -0.2) is 4.68 Å². The highest BCUT2D eigenvalue weighted by atomic mass is 16.3. The Hall–Kier alpha value is -4.13. The molecule has 0 fully saturated rings. The molecule has 7 nitrogen and oxygen atoms in total. The maximum absolute atomic E-state index is 12.4. The smallest absolute Gasteiger partial charge is 0.293 e. The van der Waals surface area contributed by atoms with E-state index in [9.17, 15) is 4.79 Å². The van der Waals surface area contributed by atoms with Crippen LogP contribution in [-0.2, 0) is 0 Å². The third kappa shape index (κ3) is 3.73. The molecule has 1 atom stereocenters. The molecule has 1 aliphatic heterocycles. The number of benzene rings is 2. The molecule has 0 unspecified atom stereocenters. The minimum atomic E-state index is -0.397. The van der Waals surface area contributed by atoms with Gasteiger partial charge in [0.05, 0.1) is 6.26 Å². The van der Waals surface area contributed by atoms with E-state index in [1.54, 1.807) is 16.8 Å². The van der Waals surface area contributed by atoms with Crippen molar-refractivity contribution in [3.63, 3.8) is 0 Å². The van der Waals surface area contributed by atoms with Crippen LogP contribution in [-0.4, -0.2) is 20.7 Å². The Morgan fingerprint density at radius 2 is 1.74 bits per heavy atom. The fourth-order valence-corrected chi connectivity index (χ4v) is 3.52. The van der Waals surface area contributed by atoms with Gasteiger partial charge in [-0.3, -0.25) is 10.1 Å². The Kier molecular flexibility index (Phi) is 4.63. The summed E-state index contributed by atoms with van der Waals surface area (Å²) >= 11 is 0. The molecule has 2 N–H and O–H groups in total. The number of aromatic nitrogens is 3. The summed E-state index contributed by atoms with van der Waals surface area (Å²) in [5.41, 5.74) is 5.45. The molecule has 0 saturated heterocycles. The van der Waals surface area contributed by atoms with Gasteiger partial charge in [-0.15, -0.1) is 5.10 Å². The maximum atomic E-state index is 12.4. The average Bonchev–Trinajstić information content (AvgIpc) is 3.44. The van der Waals surface area contributed by atoms with Crippen molar-refractivity contribution < 1.29 is 9.21 Å². The van der Waals surface area contributed by atoms with Crippen LogP contribution in [0.5, 0.6) is 0 Å². The van der Waals surface area contributed by atoms with E-state index in [4.69, 9.17) is 4.42 Å². The average molecular weight is 411 g/mol. The highest BCUT2D eigenvalue weighted by Crippen LogP contribution is 2.33. The van der Waals surface area contributed by atoms with Gasteiger partial charge in [0.15, 0.2) is 5.76 Å². The van der Waals surface area contributed by atoms with Crippen LogP contribution in [0.3, 0.4) is 0 Å². The molecule has 1 aliphatic rings. The van der Waals surface area contributed by atoms with E-state index in [2.05, 4.69) is 89.2 Å². The first kappa shape index (κ1) is 18.9. The molecule has 0 bridgehead atoms. The van der Waals surface area contributed by atoms with E-state index < -0.39 is 5.91 Å². The zero-order valence-corrected chi connectivity index (χ0v) is 17.2. The molecule has 31 heavy (non-hydrogen) atoms. The summed E-state index contributed by atoms with van der Waals surface area (Å²) in [6.45, 7) is 4.12. The quantitative estimate of drug-likeness (QED) is 0.504. The van der Waals surface area contributed by atoms with Crippen molar-refractivity contribution in [2.45, 2.75) is 19.9 Å². The Morgan fingerprint density at radius 3 is 2.42 bits per heavy atom. The zero-order valence-electron chi connectivity index (χ0n) is 17.2. The first-order valence-corrected chi connectivity index (χ1v) is 10.0. The number of fused-ring (bicyclic) bond motifs is 1. The lowest BCUT2D eigenvalue weighted by molar-refractivity contribution is 0.0996. The van der Waals surface area contributed by atoms with Crippen molar-refractivity contribution in [2.24, 2.45) is 0 Å². The fraction of sp³-hybridized carbons (Fsp3) is 0.125. The van der Waals surface area contributed by atoms with E-state index in [0.29, 0.717) is 5.95 Å². The lowest BCUT2D eigenvalue weighted by Gasteiger charge is -2.24. The first-order chi connectivity index (χ1) is 15.1. The van der Waals surface area contributed by atoms with Gasteiger partial charge in [-0.2, -0.15) is 4.98 Å². The number of furan rings is 1. The van der Waals surface area contributed by atoms with Crippen LogP contribution < -0.4 is 10.6 Å². The van der Waals surface area contributed by atoms with Crippen LogP contribution in [0.15, 0.2) is 77.4 Å². The largest absolute Gasteiger partial charge is 0.459 e. The second-order valence-electron chi connectivity index (χ2n) is 7.56. The number of hydrogen-bond donors (Lipinski definition) is 2. The van der Waals surface area contributed by atoms with E-state index in [1.165, 1.54) is 17.4 Å². The summed E-state index contributed by atoms with van der Waals surface area (Å²) in [4.78, 5) is 16.9. The summed E-state index contributed by atoms with van der Waals surface area (Å²) < 4.78 is 6.93. The number of allylic oxidation sites excluding steroid dienone is 1. The normalized spacial score (nSPS) is 15.0. The van der Waals surface area contributed by atoms with Crippen molar-refractivity contribution in [1.29, 1.82) is 0 Å². The maximum Gasteiger partial charge on any atom is 0.293 e. The van der Waals surface area contributed by atoms with E-state index in [-0.39, 0.29) is 17.8 Å². The molecule has 2 aromatic carbocycles. The van der Waals surface area contributed by atoms with Gasteiger partial charge in [-0.1, -0.05) is 59.7 Å². The SMILES string of the molecule is Cc1ccc(C2=C[C@@H](c3ccc(C)cc3)n3nc(NC(=O)c4ccco4)nc3N2)cc1. The van der Waals surface area contributed by atoms with Crippen LogP contribution in [0.2, 0.25) is 0 Å². The van der Waals surface area contributed by atoms with Crippen LogP contribution in [0, 0.1) is 13.8 Å². The number of anilines is 2. The van der Waals surface area contributed by atoms with Gasteiger partial charge in [0.1, 0.15) is 6.04 Å². The number of aryl methyl sites for hydroxylation is 2. The molecule has 5 rings (SSSR count). The van der Waals surface area contributed by atoms with Gasteiger partial charge in [0.2, 0.25) is 5.95 Å². The summed E-state index contributed by atoms with van der Waals surface area (Å²) in [6.07, 6.45) is 3.57. The lowest BCUT2D eigenvalue weighted by atomic mass is 10.0. The Balaban J connectivity index is 1.53. The number of carbonyl (C=O) groups excluding carboxylic acids is 1. The van der Waals surface area contributed by atoms with Gasteiger partial charge >= 0.3 is 0 Å². The van der Waals surface area contributed by atoms with E-state index in [1.807, 2.05) is 0 Å². The molecular weight excluding hydrogens is 390 g/mol. The van der Waals surface area contributed by atoms with Crippen molar-refractivity contribution in [3.8, 4) is 0 Å². The second-order valence-corrected chi connectivity index (χ2v) is 7.56. The van der Waals surface area contributed by atoms with E-state index >= 15 is 0 Å². The highest BCUT2D eigenvalue weighted by molar-refractivity contribution is 6.01. The predicted molar refractivity (Wildman–Crippen MR) is 119 cm³/mol. The number of nitrogens with one attached hydrogen (secondary N) is 2. The topological polar surface area (TPSA) is 85.0 Å². The number of hydrogen-bond acceptors (Lipinski definition) is 5. The second kappa shape index (κ2) is 7.60. The minimum Gasteiger partial charge on any atom is -0.459 e. The zero-order chi connectivity index (χ0) is 21.4. The summed E-state index contributed by atoms with van der Waals surface area (Å²) in [5, 5.41) is 10.6. The summed E-state index contributed by atoms with van der Waals surface area (Å²) in [6, 6.07) is 19.7. The van der Waals surface area contributed by atoms with Gasteiger partial charge in [0, 0.05) is 5.70 Å². The highest BCUT2D eigenvalue weighted by Gasteiger charge is 2.26. The van der Waals surface area contributed by atoms with Gasteiger partial charge < -0.3 is 9.73 Å². The molecule has 1 amide bonds. The third-order valence-electron chi connectivity index (χ3n) is 5.22. The van der Waals surface area contributed by atoms with Crippen molar-refractivity contribution in [1.82, 2.24) is 14.8 Å². The van der Waals surface area contributed by atoms with Crippen LogP contribution in [0.1, 0.15) is 38.9 Å². The molecule has 7 heteroatoms. The van der Waals surface area contributed by atoms with Crippen molar-refractivity contribution in [3.05, 3.63) is 101 Å². The summed E-state index contributed by atoms with van der Waals surface area (Å²) in [7, 11) is 0. The minimum absolute atomic E-state index is 0.171.